The summed E-state index contributed by atoms with van der Waals surface area (Å²) in [6, 6.07) is 3.89. The SMILES string of the molecule is CC(c1sccc1N)c1sccc1N. The van der Waals surface area contributed by atoms with Crippen LogP contribution in [0.3, 0.4) is 0 Å². The lowest BCUT2D eigenvalue weighted by molar-refractivity contribution is 0.982. The van der Waals surface area contributed by atoms with Crippen molar-refractivity contribution in [3.63, 3.8) is 0 Å². The van der Waals surface area contributed by atoms with E-state index in [0.29, 0.717) is 5.92 Å². The fourth-order valence-corrected chi connectivity index (χ4v) is 3.33. The highest BCUT2D eigenvalue weighted by atomic mass is 32.1. The third-order valence-corrected chi connectivity index (χ3v) is 4.47. The molecule has 4 heteroatoms. The molecule has 74 valence electrons. The Morgan fingerprint density at radius 2 is 1.43 bits per heavy atom. The van der Waals surface area contributed by atoms with Crippen molar-refractivity contribution in [2.75, 3.05) is 11.5 Å². The van der Waals surface area contributed by atoms with E-state index < -0.39 is 0 Å². The molecule has 0 bridgehead atoms. The molecule has 0 aliphatic heterocycles. The van der Waals surface area contributed by atoms with Crippen LogP contribution in [-0.2, 0) is 0 Å². The van der Waals surface area contributed by atoms with Crippen molar-refractivity contribution in [3.8, 4) is 0 Å². The molecule has 2 nitrogen and oxygen atoms in total. The summed E-state index contributed by atoms with van der Waals surface area (Å²) >= 11 is 3.38. The summed E-state index contributed by atoms with van der Waals surface area (Å²) in [4.78, 5) is 2.42. The fourth-order valence-electron chi connectivity index (χ4n) is 1.48. The second kappa shape index (κ2) is 3.63. The number of hydrogen-bond donors (Lipinski definition) is 2. The summed E-state index contributed by atoms with van der Waals surface area (Å²) in [6.07, 6.45) is 0. The van der Waals surface area contributed by atoms with Gasteiger partial charge in [-0.15, -0.1) is 22.7 Å². The van der Waals surface area contributed by atoms with Crippen LogP contribution in [0.25, 0.3) is 0 Å². The summed E-state index contributed by atoms with van der Waals surface area (Å²) in [5.74, 6) is 0.315. The van der Waals surface area contributed by atoms with Gasteiger partial charge in [-0.3, -0.25) is 0 Å². The maximum absolute atomic E-state index is 5.87. The summed E-state index contributed by atoms with van der Waals surface area (Å²) in [5.41, 5.74) is 13.5. The molecule has 2 heterocycles. The van der Waals surface area contributed by atoms with Crippen LogP contribution in [0.2, 0.25) is 0 Å². The van der Waals surface area contributed by atoms with Crippen molar-refractivity contribution in [2.45, 2.75) is 12.8 Å². The number of rotatable bonds is 2. The fraction of sp³-hybridized carbons (Fsp3) is 0.200. The lowest BCUT2D eigenvalue weighted by Crippen LogP contribution is -1.97. The number of hydrogen-bond acceptors (Lipinski definition) is 4. The van der Waals surface area contributed by atoms with Crippen LogP contribution in [-0.4, -0.2) is 0 Å². The Morgan fingerprint density at radius 1 is 1.00 bits per heavy atom. The molecule has 2 aromatic heterocycles. The molecule has 2 rings (SSSR count). The Kier molecular flexibility index (Phi) is 2.48. The number of thiophene rings is 2. The molecular weight excluding hydrogens is 212 g/mol. The predicted molar refractivity (Wildman–Crippen MR) is 65.0 cm³/mol. The van der Waals surface area contributed by atoms with Gasteiger partial charge in [0.2, 0.25) is 0 Å². The number of anilines is 2. The first-order chi connectivity index (χ1) is 6.70. The molecule has 0 spiro atoms. The molecule has 2 aromatic rings. The Balaban J connectivity index is 2.38. The molecule has 0 aliphatic rings. The highest BCUT2D eigenvalue weighted by molar-refractivity contribution is 7.12. The van der Waals surface area contributed by atoms with Crippen LogP contribution >= 0.6 is 22.7 Å². The highest BCUT2D eigenvalue weighted by Gasteiger charge is 2.16. The lowest BCUT2D eigenvalue weighted by atomic mass is 10.1. The molecule has 4 N–H and O–H groups in total. The second-order valence-corrected chi connectivity index (χ2v) is 5.10. The zero-order valence-electron chi connectivity index (χ0n) is 7.86. The highest BCUT2D eigenvalue weighted by Crippen LogP contribution is 2.37. The first-order valence-electron chi connectivity index (χ1n) is 4.36. The minimum absolute atomic E-state index is 0.315. The average Bonchev–Trinajstić information content (AvgIpc) is 2.73. The molecule has 14 heavy (non-hydrogen) atoms. The third kappa shape index (κ3) is 1.51. The van der Waals surface area contributed by atoms with E-state index in [9.17, 15) is 0 Å². The van der Waals surface area contributed by atoms with Crippen molar-refractivity contribution < 1.29 is 0 Å². The van der Waals surface area contributed by atoms with E-state index in [2.05, 4.69) is 6.92 Å². The van der Waals surface area contributed by atoms with Gasteiger partial charge >= 0.3 is 0 Å². The number of nitrogens with two attached hydrogens (primary N) is 2. The zero-order chi connectivity index (χ0) is 10.1. The molecular formula is C10H12N2S2. The van der Waals surface area contributed by atoms with Gasteiger partial charge in [0.05, 0.1) is 0 Å². The van der Waals surface area contributed by atoms with E-state index in [0.717, 1.165) is 11.4 Å². The van der Waals surface area contributed by atoms with Crippen molar-refractivity contribution >= 4 is 34.0 Å². The first kappa shape index (κ1) is 9.55. The van der Waals surface area contributed by atoms with Gasteiger partial charge < -0.3 is 11.5 Å². The van der Waals surface area contributed by atoms with Gasteiger partial charge in [0, 0.05) is 27.0 Å². The monoisotopic (exact) mass is 224 g/mol. The first-order valence-corrected chi connectivity index (χ1v) is 6.12. The van der Waals surface area contributed by atoms with Crippen LogP contribution in [0.1, 0.15) is 22.6 Å². The molecule has 0 amide bonds. The quantitative estimate of drug-likeness (QED) is 0.823. The maximum Gasteiger partial charge on any atom is 0.0461 e. The van der Waals surface area contributed by atoms with Crippen molar-refractivity contribution in [2.24, 2.45) is 0 Å². The Morgan fingerprint density at radius 3 is 1.71 bits per heavy atom. The van der Waals surface area contributed by atoms with E-state index in [4.69, 9.17) is 11.5 Å². The maximum atomic E-state index is 5.87. The van der Waals surface area contributed by atoms with Gasteiger partial charge in [0.25, 0.3) is 0 Å². The van der Waals surface area contributed by atoms with Gasteiger partial charge in [0.15, 0.2) is 0 Å². The molecule has 0 saturated heterocycles. The summed E-state index contributed by atoms with van der Waals surface area (Å²) < 4.78 is 0. The average molecular weight is 224 g/mol. The van der Waals surface area contributed by atoms with Crippen LogP contribution in [0.15, 0.2) is 22.9 Å². The van der Waals surface area contributed by atoms with Crippen molar-refractivity contribution in [1.29, 1.82) is 0 Å². The van der Waals surface area contributed by atoms with Crippen LogP contribution in [0.4, 0.5) is 11.4 Å². The normalized spacial score (nSPS) is 11.0. The van der Waals surface area contributed by atoms with Crippen molar-refractivity contribution in [3.05, 3.63) is 32.6 Å². The number of nitrogen functional groups attached to an aromatic ring is 2. The Labute approximate surface area is 91.2 Å². The van der Waals surface area contributed by atoms with E-state index in [1.807, 2.05) is 22.9 Å². The standard InChI is InChI=1S/C10H12N2S2/c1-6(9-7(11)2-4-13-9)10-8(12)3-5-14-10/h2-6H,11-12H2,1H3. The molecule has 0 aliphatic carbocycles. The van der Waals surface area contributed by atoms with Gasteiger partial charge in [-0.25, -0.2) is 0 Å². The van der Waals surface area contributed by atoms with E-state index in [1.165, 1.54) is 9.75 Å². The Bertz CT molecular complexity index is 391. The van der Waals surface area contributed by atoms with Crippen LogP contribution in [0, 0.1) is 0 Å². The predicted octanol–water partition coefficient (Wildman–Crippen LogP) is 3.13. The third-order valence-electron chi connectivity index (χ3n) is 2.24. The van der Waals surface area contributed by atoms with E-state index in [-0.39, 0.29) is 0 Å². The molecule has 0 fully saturated rings. The van der Waals surface area contributed by atoms with Gasteiger partial charge in [-0.2, -0.15) is 0 Å². The van der Waals surface area contributed by atoms with Gasteiger partial charge in [-0.1, -0.05) is 6.92 Å². The molecule has 0 saturated carbocycles. The van der Waals surface area contributed by atoms with Crippen molar-refractivity contribution in [1.82, 2.24) is 0 Å². The molecule has 0 aromatic carbocycles. The minimum Gasteiger partial charge on any atom is -0.398 e. The minimum atomic E-state index is 0.315. The molecule has 0 unspecified atom stereocenters. The summed E-state index contributed by atoms with van der Waals surface area (Å²) in [5, 5.41) is 4.04. The van der Waals surface area contributed by atoms with E-state index >= 15 is 0 Å². The van der Waals surface area contributed by atoms with Gasteiger partial charge in [0.1, 0.15) is 0 Å². The lowest BCUT2D eigenvalue weighted by Gasteiger charge is -2.09. The second-order valence-electron chi connectivity index (χ2n) is 3.20. The largest absolute Gasteiger partial charge is 0.398 e. The summed E-state index contributed by atoms with van der Waals surface area (Å²) in [6.45, 7) is 2.14. The Hall–Kier alpha value is -1.00. The zero-order valence-corrected chi connectivity index (χ0v) is 9.49. The topological polar surface area (TPSA) is 52.0 Å². The van der Waals surface area contributed by atoms with Gasteiger partial charge in [-0.05, 0) is 22.9 Å². The molecule has 0 radical (unpaired) electrons. The van der Waals surface area contributed by atoms with Crippen LogP contribution < -0.4 is 11.5 Å². The molecule has 0 atom stereocenters. The van der Waals surface area contributed by atoms with E-state index in [1.54, 1.807) is 22.7 Å². The smallest absolute Gasteiger partial charge is 0.0461 e. The summed E-state index contributed by atoms with van der Waals surface area (Å²) in [7, 11) is 0. The van der Waals surface area contributed by atoms with Crippen LogP contribution in [0.5, 0.6) is 0 Å².